The summed E-state index contributed by atoms with van der Waals surface area (Å²) in [6, 6.07) is 0. The molecule has 0 unspecified atom stereocenters. The van der Waals surface area contributed by atoms with E-state index >= 15 is 0 Å². The van der Waals surface area contributed by atoms with E-state index in [1.807, 2.05) is 0 Å². The molecule has 2 aliphatic rings. The minimum Gasteiger partial charge on any atom is -0.278 e. The van der Waals surface area contributed by atoms with Crippen LogP contribution in [0.25, 0.3) is 0 Å². The van der Waals surface area contributed by atoms with Crippen molar-refractivity contribution in [2.24, 2.45) is 5.41 Å². The Morgan fingerprint density at radius 2 is 1.21 bits per heavy atom. The summed E-state index contributed by atoms with van der Waals surface area (Å²) in [4.78, 5) is 23.8. The van der Waals surface area contributed by atoms with Crippen LogP contribution in [0, 0.1) is 5.41 Å². The Morgan fingerprint density at radius 1 is 0.789 bits per heavy atom. The predicted octanol–water partition coefficient (Wildman–Crippen LogP) is 3.43. The molecule has 0 aromatic rings. The molecule has 2 rings (SSSR count). The van der Waals surface area contributed by atoms with Crippen LogP contribution in [0.3, 0.4) is 0 Å². The first-order valence-electron chi connectivity index (χ1n) is 7.72. The molecule has 1 aliphatic carbocycles. The standard InChI is InChI=1S/C15H25NO3/c17-13-12-15(14(18)16(13)19)10-8-6-4-2-1-3-5-7-9-11-15/h19H,1-12H2. The second kappa shape index (κ2) is 6.51. The molecular formula is C15H25NO3. The van der Waals surface area contributed by atoms with Crippen molar-refractivity contribution in [3.05, 3.63) is 0 Å². The van der Waals surface area contributed by atoms with Gasteiger partial charge in [-0.3, -0.25) is 14.8 Å². The van der Waals surface area contributed by atoms with Gasteiger partial charge in [-0.05, 0) is 12.8 Å². The zero-order valence-electron chi connectivity index (χ0n) is 11.7. The Hall–Kier alpha value is -0.900. The van der Waals surface area contributed by atoms with Crippen molar-refractivity contribution in [1.82, 2.24) is 5.06 Å². The number of carbonyl (C=O) groups is 2. The fraction of sp³-hybridized carbons (Fsp3) is 0.867. The van der Waals surface area contributed by atoms with Crippen LogP contribution in [0.1, 0.15) is 77.0 Å². The Balaban J connectivity index is 2.02. The predicted molar refractivity (Wildman–Crippen MR) is 71.5 cm³/mol. The number of rotatable bonds is 0. The second-order valence-electron chi connectivity index (χ2n) is 6.15. The molecule has 0 atom stereocenters. The normalized spacial score (nSPS) is 26.3. The molecule has 4 nitrogen and oxygen atoms in total. The van der Waals surface area contributed by atoms with Crippen LogP contribution in [0.4, 0.5) is 0 Å². The highest BCUT2D eigenvalue weighted by Gasteiger charge is 2.50. The monoisotopic (exact) mass is 267 g/mol. The maximum Gasteiger partial charge on any atom is 0.260 e. The van der Waals surface area contributed by atoms with Crippen LogP contribution < -0.4 is 0 Å². The number of hydroxylamine groups is 2. The molecule has 1 heterocycles. The van der Waals surface area contributed by atoms with Crippen molar-refractivity contribution in [3.63, 3.8) is 0 Å². The molecule has 1 aliphatic heterocycles. The summed E-state index contributed by atoms with van der Waals surface area (Å²) >= 11 is 0. The highest BCUT2D eigenvalue weighted by Crippen LogP contribution is 2.42. The first kappa shape index (κ1) is 14.5. The van der Waals surface area contributed by atoms with E-state index in [0.717, 1.165) is 38.5 Å². The van der Waals surface area contributed by atoms with Crippen LogP contribution in [-0.4, -0.2) is 22.1 Å². The summed E-state index contributed by atoms with van der Waals surface area (Å²) in [5.41, 5.74) is -0.592. The number of hydrogen-bond acceptors (Lipinski definition) is 3. The maximum absolute atomic E-state index is 12.2. The van der Waals surface area contributed by atoms with Crippen molar-refractivity contribution in [2.45, 2.75) is 77.0 Å². The Bertz CT molecular complexity index is 328. The van der Waals surface area contributed by atoms with E-state index in [-0.39, 0.29) is 12.3 Å². The zero-order valence-corrected chi connectivity index (χ0v) is 11.7. The molecule has 0 radical (unpaired) electrons. The molecule has 2 amide bonds. The Morgan fingerprint density at radius 3 is 1.58 bits per heavy atom. The van der Waals surface area contributed by atoms with Crippen molar-refractivity contribution >= 4 is 11.8 Å². The Kier molecular flexibility index (Phi) is 4.97. The Labute approximate surface area is 115 Å². The van der Waals surface area contributed by atoms with E-state index in [2.05, 4.69) is 0 Å². The van der Waals surface area contributed by atoms with Gasteiger partial charge in [0.05, 0.1) is 5.41 Å². The lowest BCUT2D eigenvalue weighted by molar-refractivity contribution is -0.174. The number of carbonyl (C=O) groups excluding carboxylic acids is 2. The molecule has 0 aromatic heterocycles. The van der Waals surface area contributed by atoms with Crippen molar-refractivity contribution in [2.75, 3.05) is 0 Å². The number of nitrogens with zero attached hydrogens (tertiary/aromatic N) is 1. The lowest BCUT2D eigenvalue weighted by atomic mass is 9.76. The summed E-state index contributed by atoms with van der Waals surface area (Å²) < 4.78 is 0. The second-order valence-corrected chi connectivity index (χ2v) is 6.15. The van der Waals surface area contributed by atoms with Crippen molar-refractivity contribution in [1.29, 1.82) is 0 Å². The van der Waals surface area contributed by atoms with Crippen LogP contribution in [0.15, 0.2) is 0 Å². The third kappa shape index (κ3) is 3.35. The summed E-state index contributed by atoms with van der Waals surface area (Å²) in [5, 5.41) is 9.87. The number of amides is 2. The highest BCUT2D eigenvalue weighted by atomic mass is 16.5. The molecule has 0 bridgehead atoms. The van der Waals surface area contributed by atoms with Gasteiger partial charge < -0.3 is 0 Å². The smallest absolute Gasteiger partial charge is 0.260 e. The van der Waals surface area contributed by atoms with Gasteiger partial charge in [-0.1, -0.05) is 57.8 Å². The van der Waals surface area contributed by atoms with Gasteiger partial charge in [0, 0.05) is 6.42 Å². The molecule has 4 heteroatoms. The van der Waals surface area contributed by atoms with Gasteiger partial charge in [0.15, 0.2) is 0 Å². The van der Waals surface area contributed by atoms with E-state index in [1.165, 1.54) is 32.1 Å². The third-order valence-electron chi connectivity index (χ3n) is 4.68. The molecular weight excluding hydrogens is 242 g/mol. The number of imide groups is 1. The lowest BCUT2D eigenvalue weighted by Gasteiger charge is -2.26. The summed E-state index contributed by atoms with van der Waals surface area (Å²) in [5.74, 6) is -0.772. The van der Waals surface area contributed by atoms with E-state index < -0.39 is 11.3 Å². The first-order chi connectivity index (χ1) is 9.16. The van der Waals surface area contributed by atoms with Crippen LogP contribution >= 0.6 is 0 Å². The largest absolute Gasteiger partial charge is 0.278 e. The molecule has 19 heavy (non-hydrogen) atoms. The topological polar surface area (TPSA) is 57.6 Å². The summed E-state index contributed by atoms with van der Waals surface area (Å²) in [6.45, 7) is 0. The molecule has 108 valence electrons. The quantitative estimate of drug-likeness (QED) is 0.540. The van der Waals surface area contributed by atoms with Gasteiger partial charge >= 0.3 is 0 Å². The average Bonchev–Trinajstić information content (AvgIpc) is 2.59. The SMILES string of the molecule is O=C1CC2(CCCCCCCCCCC2)C(=O)N1O. The molecule has 0 aromatic carbocycles. The molecule has 1 saturated carbocycles. The fourth-order valence-electron chi connectivity index (χ4n) is 3.46. The number of hydrogen-bond donors (Lipinski definition) is 1. The third-order valence-corrected chi connectivity index (χ3v) is 4.68. The van der Waals surface area contributed by atoms with Gasteiger partial charge in [-0.2, -0.15) is 5.06 Å². The maximum atomic E-state index is 12.2. The van der Waals surface area contributed by atoms with Crippen LogP contribution in [0.2, 0.25) is 0 Å². The van der Waals surface area contributed by atoms with E-state index in [4.69, 9.17) is 0 Å². The zero-order chi connectivity index (χ0) is 13.7. The molecule has 1 N–H and O–H groups in total. The summed E-state index contributed by atoms with van der Waals surface area (Å²) in [7, 11) is 0. The minimum atomic E-state index is -0.592. The fourth-order valence-corrected chi connectivity index (χ4v) is 3.46. The van der Waals surface area contributed by atoms with E-state index in [0.29, 0.717) is 5.06 Å². The van der Waals surface area contributed by atoms with E-state index in [1.54, 1.807) is 0 Å². The van der Waals surface area contributed by atoms with Gasteiger partial charge in [-0.25, -0.2) is 0 Å². The van der Waals surface area contributed by atoms with Gasteiger partial charge in [0.1, 0.15) is 0 Å². The van der Waals surface area contributed by atoms with Crippen molar-refractivity contribution in [3.8, 4) is 0 Å². The van der Waals surface area contributed by atoms with Crippen LogP contribution in [-0.2, 0) is 9.59 Å². The van der Waals surface area contributed by atoms with Crippen molar-refractivity contribution < 1.29 is 14.8 Å². The highest BCUT2D eigenvalue weighted by molar-refractivity contribution is 6.04. The molecule has 2 fully saturated rings. The molecule has 1 spiro atoms. The van der Waals surface area contributed by atoms with Gasteiger partial charge in [-0.15, -0.1) is 0 Å². The summed E-state index contributed by atoms with van der Waals surface area (Å²) in [6.07, 6.45) is 12.3. The first-order valence-corrected chi connectivity index (χ1v) is 7.72. The lowest BCUT2D eigenvalue weighted by Crippen LogP contribution is -2.33. The van der Waals surface area contributed by atoms with E-state index in [9.17, 15) is 14.8 Å². The minimum absolute atomic E-state index is 0.211. The average molecular weight is 267 g/mol. The molecule has 1 saturated heterocycles. The van der Waals surface area contributed by atoms with Gasteiger partial charge in [0.25, 0.3) is 11.8 Å². The van der Waals surface area contributed by atoms with Crippen LogP contribution in [0.5, 0.6) is 0 Å². The van der Waals surface area contributed by atoms with Gasteiger partial charge in [0.2, 0.25) is 0 Å².